The minimum atomic E-state index is 0.309. The topological polar surface area (TPSA) is 25.2 Å². The maximum atomic E-state index is 9.85. The lowest BCUT2D eigenvalue weighted by atomic mass is 10.1. The van der Waals surface area contributed by atoms with Gasteiger partial charge in [0.2, 0.25) is 0 Å². The van der Waals surface area contributed by atoms with E-state index in [1.54, 1.807) is 6.92 Å². The summed E-state index contributed by atoms with van der Waals surface area (Å²) in [6.45, 7) is 2.47. The molecule has 0 aliphatic carbocycles. The predicted octanol–water partition coefficient (Wildman–Crippen LogP) is 4.62. The lowest BCUT2D eigenvalue weighted by Crippen LogP contribution is -1.97. The molecule has 0 saturated carbocycles. The van der Waals surface area contributed by atoms with Gasteiger partial charge in [-0.3, -0.25) is 0 Å². The van der Waals surface area contributed by atoms with Gasteiger partial charge in [0.05, 0.1) is 0 Å². The average Bonchev–Trinajstić information content (AvgIpc) is 2.78. The van der Waals surface area contributed by atoms with Crippen LogP contribution in [-0.4, -0.2) is 9.67 Å². The zero-order valence-electron chi connectivity index (χ0n) is 11.2. The Morgan fingerprint density at radius 2 is 1.90 bits per heavy atom. The third-order valence-electron chi connectivity index (χ3n) is 3.43. The SMILES string of the molecule is C[C](O)c1cn(Cc2ccccc2)c2ccc(Cl)cc12. The maximum Gasteiger partial charge on any atom is 0.121 e. The minimum Gasteiger partial charge on any atom is -0.382 e. The van der Waals surface area contributed by atoms with Crippen LogP contribution in [0.1, 0.15) is 18.1 Å². The van der Waals surface area contributed by atoms with Gasteiger partial charge >= 0.3 is 0 Å². The van der Waals surface area contributed by atoms with Crippen LogP contribution in [-0.2, 0) is 6.54 Å². The van der Waals surface area contributed by atoms with E-state index in [1.165, 1.54) is 5.56 Å². The smallest absolute Gasteiger partial charge is 0.121 e. The van der Waals surface area contributed by atoms with E-state index in [0.717, 1.165) is 23.0 Å². The molecule has 1 aromatic heterocycles. The van der Waals surface area contributed by atoms with Crippen LogP contribution in [0.15, 0.2) is 54.7 Å². The highest BCUT2D eigenvalue weighted by molar-refractivity contribution is 6.31. The van der Waals surface area contributed by atoms with Crippen molar-refractivity contribution < 1.29 is 5.11 Å². The molecule has 3 aromatic rings. The molecule has 0 aliphatic heterocycles. The molecule has 1 N–H and O–H groups in total. The summed E-state index contributed by atoms with van der Waals surface area (Å²) in [5, 5.41) is 11.5. The van der Waals surface area contributed by atoms with Gasteiger partial charge in [-0.2, -0.15) is 0 Å². The van der Waals surface area contributed by atoms with Gasteiger partial charge in [-0.05, 0) is 30.7 Å². The van der Waals surface area contributed by atoms with Crippen LogP contribution in [0, 0.1) is 6.10 Å². The van der Waals surface area contributed by atoms with Crippen molar-refractivity contribution in [1.82, 2.24) is 4.57 Å². The first-order valence-electron chi connectivity index (χ1n) is 6.50. The largest absolute Gasteiger partial charge is 0.382 e. The van der Waals surface area contributed by atoms with Crippen molar-refractivity contribution in [1.29, 1.82) is 0 Å². The van der Waals surface area contributed by atoms with Gasteiger partial charge in [0, 0.05) is 34.2 Å². The second-order valence-corrected chi connectivity index (χ2v) is 5.34. The minimum absolute atomic E-state index is 0.309. The van der Waals surface area contributed by atoms with E-state index < -0.39 is 0 Å². The molecule has 1 heterocycles. The molecule has 2 nitrogen and oxygen atoms in total. The third-order valence-corrected chi connectivity index (χ3v) is 3.66. The van der Waals surface area contributed by atoms with Crippen molar-refractivity contribution in [2.45, 2.75) is 13.5 Å². The summed E-state index contributed by atoms with van der Waals surface area (Å²) in [7, 11) is 0. The maximum absolute atomic E-state index is 9.85. The molecule has 1 radical (unpaired) electrons. The number of aliphatic hydroxyl groups is 1. The first-order chi connectivity index (χ1) is 9.65. The first kappa shape index (κ1) is 13.2. The molecule has 0 fully saturated rings. The molecular formula is C17H15ClNO. The number of fused-ring (bicyclic) bond motifs is 1. The second-order valence-electron chi connectivity index (χ2n) is 4.90. The third kappa shape index (κ3) is 2.45. The molecule has 0 saturated heterocycles. The number of aliphatic hydroxyl groups excluding tert-OH is 1. The van der Waals surface area contributed by atoms with Crippen LogP contribution in [0.25, 0.3) is 10.9 Å². The van der Waals surface area contributed by atoms with Gasteiger partial charge < -0.3 is 9.67 Å². The Hall–Kier alpha value is -1.77. The quantitative estimate of drug-likeness (QED) is 0.746. The lowest BCUT2D eigenvalue weighted by molar-refractivity contribution is 0.342. The van der Waals surface area contributed by atoms with Crippen LogP contribution in [0.3, 0.4) is 0 Å². The number of aromatic nitrogens is 1. The summed E-state index contributed by atoms with van der Waals surface area (Å²) < 4.78 is 2.13. The van der Waals surface area contributed by atoms with Gasteiger partial charge in [0.25, 0.3) is 0 Å². The molecule has 0 atom stereocenters. The molecule has 20 heavy (non-hydrogen) atoms. The number of halogens is 1. The fourth-order valence-electron chi connectivity index (χ4n) is 2.47. The molecule has 0 bridgehead atoms. The summed E-state index contributed by atoms with van der Waals surface area (Å²) in [5.41, 5.74) is 3.13. The fraction of sp³-hybridized carbons (Fsp3) is 0.118. The summed E-state index contributed by atoms with van der Waals surface area (Å²) >= 11 is 6.06. The van der Waals surface area contributed by atoms with Gasteiger partial charge in [-0.1, -0.05) is 41.9 Å². The number of hydrogen-bond donors (Lipinski definition) is 1. The summed E-state index contributed by atoms with van der Waals surface area (Å²) in [6.07, 6.45) is 2.28. The van der Waals surface area contributed by atoms with Crippen molar-refractivity contribution in [2.24, 2.45) is 0 Å². The van der Waals surface area contributed by atoms with Crippen molar-refractivity contribution in [3.8, 4) is 0 Å². The van der Waals surface area contributed by atoms with Crippen LogP contribution in [0.2, 0.25) is 5.02 Å². The highest BCUT2D eigenvalue weighted by Gasteiger charge is 2.13. The Morgan fingerprint density at radius 1 is 1.15 bits per heavy atom. The highest BCUT2D eigenvalue weighted by atomic mass is 35.5. The van der Waals surface area contributed by atoms with E-state index in [4.69, 9.17) is 11.6 Å². The summed E-state index contributed by atoms with van der Waals surface area (Å²) in [5.74, 6) is 0. The molecule has 101 valence electrons. The number of benzene rings is 2. The molecule has 3 heteroatoms. The lowest BCUT2D eigenvalue weighted by Gasteiger charge is -2.05. The average molecular weight is 285 g/mol. The molecule has 0 spiro atoms. The number of hydrogen-bond acceptors (Lipinski definition) is 1. The van der Waals surface area contributed by atoms with E-state index in [-0.39, 0.29) is 0 Å². The van der Waals surface area contributed by atoms with Crippen LogP contribution >= 0.6 is 11.6 Å². The number of nitrogens with zero attached hydrogens (tertiary/aromatic N) is 1. The molecule has 0 amide bonds. The van der Waals surface area contributed by atoms with Crippen LogP contribution in [0.4, 0.5) is 0 Å². The van der Waals surface area contributed by atoms with E-state index in [9.17, 15) is 5.11 Å². The van der Waals surface area contributed by atoms with Gasteiger partial charge in [-0.15, -0.1) is 0 Å². The van der Waals surface area contributed by atoms with E-state index >= 15 is 0 Å². The van der Waals surface area contributed by atoms with E-state index in [0.29, 0.717) is 11.1 Å². The Morgan fingerprint density at radius 3 is 2.60 bits per heavy atom. The van der Waals surface area contributed by atoms with Crippen molar-refractivity contribution in [3.05, 3.63) is 77.0 Å². The molecule has 3 rings (SSSR count). The predicted molar refractivity (Wildman–Crippen MR) is 82.4 cm³/mol. The molecular weight excluding hydrogens is 270 g/mol. The monoisotopic (exact) mass is 284 g/mol. The molecule has 0 aliphatic rings. The standard InChI is InChI=1S/C17H15ClNO/c1-12(20)16-11-19(10-13-5-3-2-4-6-13)17-8-7-14(18)9-15(16)17/h2-9,11,20H,10H2,1H3. The Balaban J connectivity index is 2.11. The second kappa shape index (κ2) is 5.31. The summed E-state index contributed by atoms with van der Waals surface area (Å²) in [4.78, 5) is 0. The fourth-order valence-corrected chi connectivity index (χ4v) is 2.64. The Bertz CT molecular complexity index is 731. The zero-order chi connectivity index (χ0) is 14.1. The summed E-state index contributed by atoms with van der Waals surface area (Å²) in [6, 6.07) is 16.0. The zero-order valence-corrected chi connectivity index (χ0v) is 11.9. The number of rotatable bonds is 3. The van der Waals surface area contributed by atoms with E-state index in [2.05, 4.69) is 16.7 Å². The first-order valence-corrected chi connectivity index (χ1v) is 6.88. The van der Waals surface area contributed by atoms with Crippen LogP contribution < -0.4 is 0 Å². The normalized spacial score (nSPS) is 11.4. The Labute approximate surface area is 123 Å². The van der Waals surface area contributed by atoms with E-state index in [1.807, 2.05) is 42.6 Å². The van der Waals surface area contributed by atoms with Gasteiger partial charge in [-0.25, -0.2) is 0 Å². The van der Waals surface area contributed by atoms with Crippen molar-refractivity contribution in [3.63, 3.8) is 0 Å². The van der Waals surface area contributed by atoms with Gasteiger partial charge in [0.1, 0.15) is 6.10 Å². The highest BCUT2D eigenvalue weighted by Crippen LogP contribution is 2.29. The molecule has 2 aromatic carbocycles. The van der Waals surface area contributed by atoms with Crippen molar-refractivity contribution in [2.75, 3.05) is 0 Å². The Kier molecular flexibility index (Phi) is 3.51. The van der Waals surface area contributed by atoms with Crippen LogP contribution in [0.5, 0.6) is 0 Å². The van der Waals surface area contributed by atoms with Gasteiger partial charge in [0.15, 0.2) is 0 Å². The molecule has 0 unspecified atom stereocenters. The van der Waals surface area contributed by atoms with Crippen molar-refractivity contribution >= 4 is 22.5 Å².